The van der Waals surface area contributed by atoms with Crippen molar-refractivity contribution < 1.29 is 20.4 Å². The number of phenols is 4. The normalized spacial score (nSPS) is 17.6. The number of rotatable bonds is 5. The fourth-order valence-electron chi connectivity index (χ4n) is 6.28. The fourth-order valence-corrected chi connectivity index (χ4v) is 6.28. The molecule has 4 N–H and O–H groups in total. The molecular weight excluding hydrogens is 436 g/mol. The van der Waals surface area contributed by atoms with Crippen LogP contribution in [0.5, 0.6) is 23.0 Å². The Labute approximate surface area is 207 Å². The highest BCUT2D eigenvalue weighted by Gasteiger charge is 2.25. The lowest BCUT2D eigenvalue weighted by Gasteiger charge is -2.27. The van der Waals surface area contributed by atoms with Crippen LogP contribution >= 0.6 is 0 Å². The van der Waals surface area contributed by atoms with Crippen molar-refractivity contribution in [3.05, 3.63) is 82.4 Å². The van der Waals surface area contributed by atoms with Crippen LogP contribution < -0.4 is 0 Å². The van der Waals surface area contributed by atoms with E-state index in [-0.39, 0.29) is 17.4 Å². The summed E-state index contributed by atoms with van der Waals surface area (Å²) < 4.78 is 0. The van der Waals surface area contributed by atoms with Crippen molar-refractivity contribution >= 4 is 0 Å². The van der Waals surface area contributed by atoms with Crippen LogP contribution in [-0.2, 0) is 0 Å². The zero-order valence-electron chi connectivity index (χ0n) is 20.3. The van der Waals surface area contributed by atoms with Crippen LogP contribution in [0.15, 0.2) is 54.6 Å². The van der Waals surface area contributed by atoms with Gasteiger partial charge in [-0.2, -0.15) is 0 Å². The lowest BCUT2D eigenvalue weighted by Crippen LogP contribution is -2.10. The molecule has 2 saturated carbocycles. The molecule has 3 aromatic carbocycles. The molecule has 0 aromatic heterocycles. The third-order valence-corrected chi connectivity index (χ3v) is 8.19. The fraction of sp³-hybridized carbons (Fsp3) is 0.419. The minimum Gasteiger partial charge on any atom is -0.508 e. The van der Waals surface area contributed by atoms with Gasteiger partial charge in [0.15, 0.2) is 11.5 Å². The number of hydrogen-bond donors (Lipinski definition) is 4. The Morgan fingerprint density at radius 3 is 1.29 bits per heavy atom. The maximum absolute atomic E-state index is 10.7. The molecule has 5 rings (SSSR count). The highest BCUT2D eigenvalue weighted by atomic mass is 16.3. The van der Waals surface area contributed by atoms with Crippen LogP contribution in [0.2, 0.25) is 0 Å². The van der Waals surface area contributed by atoms with Gasteiger partial charge < -0.3 is 20.4 Å². The maximum Gasteiger partial charge on any atom is 0.157 e. The first-order valence-electron chi connectivity index (χ1n) is 13.2. The Kier molecular flexibility index (Phi) is 6.90. The molecule has 0 aliphatic heterocycles. The average Bonchev–Trinajstić information content (AvgIpc) is 2.89. The van der Waals surface area contributed by atoms with Gasteiger partial charge in [-0.1, -0.05) is 68.9 Å². The minimum atomic E-state index is -0.201. The second-order valence-electron chi connectivity index (χ2n) is 10.5. The standard InChI is InChI=1S/C31H36O4/c32-27-14-11-22(17-25(27)20-7-3-1-4-8-20)31(24-13-16-29(34)30(35)19-24)23-12-15-28(33)26(18-23)21-9-5-2-6-10-21/h11-21,31-35H,1-10H2. The molecular formula is C31H36O4. The van der Waals surface area contributed by atoms with Gasteiger partial charge in [-0.05, 0) is 89.6 Å². The lowest BCUT2D eigenvalue weighted by molar-refractivity contribution is 0.403. The minimum absolute atomic E-state index is 0.144. The second kappa shape index (κ2) is 10.2. The molecule has 2 aliphatic carbocycles. The van der Waals surface area contributed by atoms with Crippen molar-refractivity contribution in [3.63, 3.8) is 0 Å². The zero-order chi connectivity index (χ0) is 24.4. The van der Waals surface area contributed by atoms with E-state index in [1.807, 2.05) is 18.2 Å². The molecule has 35 heavy (non-hydrogen) atoms. The van der Waals surface area contributed by atoms with Gasteiger partial charge in [-0.15, -0.1) is 0 Å². The first-order chi connectivity index (χ1) is 17.0. The molecule has 184 valence electrons. The molecule has 0 bridgehead atoms. The predicted octanol–water partition coefficient (Wildman–Crippen LogP) is 7.78. The van der Waals surface area contributed by atoms with Gasteiger partial charge in [0.1, 0.15) is 11.5 Å². The van der Waals surface area contributed by atoms with E-state index >= 15 is 0 Å². The Morgan fingerprint density at radius 1 is 0.457 bits per heavy atom. The molecule has 0 radical (unpaired) electrons. The summed E-state index contributed by atoms with van der Waals surface area (Å²) >= 11 is 0. The summed E-state index contributed by atoms with van der Waals surface area (Å²) in [4.78, 5) is 0. The molecule has 0 unspecified atom stereocenters. The Bertz CT molecular complexity index is 1110. The van der Waals surface area contributed by atoms with E-state index in [0.29, 0.717) is 23.3 Å². The van der Waals surface area contributed by atoms with Crippen LogP contribution in [0.25, 0.3) is 0 Å². The second-order valence-corrected chi connectivity index (χ2v) is 10.5. The van der Waals surface area contributed by atoms with Crippen LogP contribution in [-0.4, -0.2) is 20.4 Å². The topological polar surface area (TPSA) is 80.9 Å². The summed E-state index contributed by atoms with van der Waals surface area (Å²) in [5, 5.41) is 41.7. The highest BCUT2D eigenvalue weighted by molar-refractivity contribution is 5.53. The smallest absolute Gasteiger partial charge is 0.157 e. The van der Waals surface area contributed by atoms with Gasteiger partial charge in [-0.3, -0.25) is 0 Å². The van der Waals surface area contributed by atoms with Gasteiger partial charge >= 0.3 is 0 Å². The van der Waals surface area contributed by atoms with Gasteiger partial charge in [0.25, 0.3) is 0 Å². The van der Waals surface area contributed by atoms with Crippen LogP contribution in [0.1, 0.15) is 110 Å². The van der Waals surface area contributed by atoms with E-state index in [9.17, 15) is 20.4 Å². The van der Waals surface area contributed by atoms with Crippen LogP contribution in [0, 0.1) is 0 Å². The Morgan fingerprint density at radius 2 is 0.857 bits per heavy atom. The first kappa shape index (κ1) is 23.6. The lowest BCUT2D eigenvalue weighted by atomic mass is 9.78. The summed E-state index contributed by atoms with van der Waals surface area (Å²) in [5.74, 6) is 0.917. The molecule has 0 amide bonds. The van der Waals surface area contributed by atoms with Crippen molar-refractivity contribution in [2.45, 2.75) is 82.0 Å². The monoisotopic (exact) mass is 472 g/mol. The number of phenolic OH excluding ortho intramolecular Hbond substituents is 4. The molecule has 0 saturated heterocycles. The van der Waals surface area contributed by atoms with Gasteiger partial charge in [0, 0.05) is 5.92 Å². The van der Waals surface area contributed by atoms with Crippen molar-refractivity contribution in [3.8, 4) is 23.0 Å². The van der Waals surface area contributed by atoms with E-state index < -0.39 is 0 Å². The quantitative estimate of drug-likeness (QED) is 0.226. The molecule has 4 heteroatoms. The van der Waals surface area contributed by atoms with E-state index in [1.54, 1.807) is 18.2 Å². The molecule has 3 aromatic rings. The van der Waals surface area contributed by atoms with Crippen LogP contribution in [0.3, 0.4) is 0 Å². The van der Waals surface area contributed by atoms with Crippen molar-refractivity contribution in [2.75, 3.05) is 0 Å². The summed E-state index contributed by atoms with van der Waals surface area (Å²) in [6.45, 7) is 0. The largest absolute Gasteiger partial charge is 0.508 e. The van der Waals surface area contributed by atoms with Crippen molar-refractivity contribution in [1.82, 2.24) is 0 Å². The van der Waals surface area contributed by atoms with Crippen molar-refractivity contribution in [1.29, 1.82) is 0 Å². The van der Waals surface area contributed by atoms with E-state index in [4.69, 9.17) is 0 Å². The highest BCUT2D eigenvalue weighted by Crippen LogP contribution is 2.44. The SMILES string of the molecule is Oc1ccc(C(c2ccc(O)c(C3CCCCC3)c2)c2ccc(O)c(C3CCCCC3)c2)cc1O. The van der Waals surface area contributed by atoms with Gasteiger partial charge in [-0.25, -0.2) is 0 Å². The molecule has 0 heterocycles. The molecule has 0 spiro atoms. The zero-order valence-corrected chi connectivity index (χ0v) is 20.3. The van der Waals surface area contributed by atoms with Gasteiger partial charge in [0.05, 0.1) is 0 Å². The Hall–Kier alpha value is -3.14. The summed E-state index contributed by atoms with van der Waals surface area (Å²) in [7, 11) is 0. The Balaban J connectivity index is 1.62. The number of hydrogen-bond acceptors (Lipinski definition) is 4. The first-order valence-corrected chi connectivity index (χ1v) is 13.2. The van der Waals surface area contributed by atoms with Crippen LogP contribution in [0.4, 0.5) is 0 Å². The predicted molar refractivity (Wildman–Crippen MR) is 139 cm³/mol. The van der Waals surface area contributed by atoms with E-state index in [1.165, 1.54) is 44.6 Å². The summed E-state index contributed by atoms with van der Waals surface area (Å²) in [6, 6.07) is 16.8. The van der Waals surface area contributed by atoms with Gasteiger partial charge in [0.2, 0.25) is 0 Å². The van der Waals surface area contributed by atoms with E-state index in [0.717, 1.165) is 53.5 Å². The maximum atomic E-state index is 10.7. The van der Waals surface area contributed by atoms with E-state index in [2.05, 4.69) is 12.1 Å². The molecule has 2 aliphatic rings. The molecule has 0 atom stereocenters. The summed E-state index contributed by atoms with van der Waals surface area (Å²) in [6.07, 6.45) is 11.6. The molecule has 4 nitrogen and oxygen atoms in total. The number of aromatic hydroxyl groups is 4. The van der Waals surface area contributed by atoms with Crippen molar-refractivity contribution in [2.24, 2.45) is 0 Å². The number of benzene rings is 3. The third-order valence-electron chi connectivity index (χ3n) is 8.19. The third kappa shape index (κ3) is 4.98. The summed E-state index contributed by atoms with van der Waals surface area (Å²) in [5.41, 5.74) is 4.94. The average molecular weight is 473 g/mol. The molecule has 2 fully saturated rings.